The van der Waals surface area contributed by atoms with E-state index in [0.717, 1.165) is 5.56 Å². The van der Waals surface area contributed by atoms with Crippen LogP contribution in [0.2, 0.25) is 0 Å². The maximum absolute atomic E-state index is 13.1. The third kappa shape index (κ3) is 8.51. The summed E-state index contributed by atoms with van der Waals surface area (Å²) in [7, 11) is 1.35. The van der Waals surface area contributed by atoms with Gasteiger partial charge in [-0.25, -0.2) is 4.79 Å². The fraction of sp³-hybridized carbons (Fsp3) is 0.235. The monoisotopic (exact) mass is 555 g/mol. The molecule has 7 heteroatoms. The number of hydrogen-bond donors (Lipinski definition) is 3. The Morgan fingerprint density at radius 2 is 1.56 bits per heavy atom. The van der Waals surface area contributed by atoms with Crippen LogP contribution in [0.5, 0.6) is 0 Å². The van der Waals surface area contributed by atoms with Crippen molar-refractivity contribution in [1.82, 2.24) is 5.32 Å². The van der Waals surface area contributed by atoms with E-state index >= 15 is 0 Å². The first-order chi connectivity index (χ1) is 19.8. The van der Waals surface area contributed by atoms with Crippen molar-refractivity contribution in [3.05, 3.63) is 144 Å². The Hall–Kier alpha value is -4.46. The first-order valence-electron chi connectivity index (χ1n) is 13.4. The number of aliphatic hydroxyl groups excluding tert-OH is 2. The number of carbonyl (C=O) groups excluding carboxylic acids is 2. The molecule has 0 saturated heterocycles. The largest absolute Gasteiger partial charge is 0.509 e. The summed E-state index contributed by atoms with van der Waals surface area (Å²) in [5.74, 6) is -1.04. The Morgan fingerprint density at radius 3 is 2.27 bits per heavy atom. The van der Waals surface area contributed by atoms with E-state index in [1.807, 2.05) is 54.6 Å². The van der Waals surface area contributed by atoms with E-state index in [2.05, 4.69) is 5.32 Å². The molecule has 3 N–H and O–H groups in total. The van der Waals surface area contributed by atoms with E-state index in [1.165, 1.54) is 13.2 Å². The van der Waals surface area contributed by atoms with Crippen LogP contribution in [0.25, 0.3) is 0 Å². The number of hydrogen-bond acceptors (Lipinski definition) is 6. The predicted octanol–water partition coefficient (Wildman–Crippen LogP) is 5.80. The second kappa shape index (κ2) is 15.4. The van der Waals surface area contributed by atoms with Gasteiger partial charge in [-0.05, 0) is 31.9 Å². The number of methoxy groups -OCH3 is 1. The highest BCUT2D eigenvalue weighted by Crippen LogP contribution is 2.45. The molecule has 41 heavy (non-hydrogen) atoms. The minimum Gasteiger partial charge on any atom is -0.509 e. The molecule has 4 atom stereocenters. The van der Waals surface area contributed by atoms with Crippen molar-refractivity contribution in [1.29, 1.82) is 0 Å². The van der Waals surface area contributed by atoms with Crippen molar-refractivity contribution in [2.24, 2.45) is 5.41 Å². The van der Waals surface area contributed by atoms with Crippen LogP contribution < -0.4 is 5.32 Å². The van der Waals surface area contributed by atoms with Gasteiger partial charge in [-0.1, -0.05) is 109 Å². The molecule has 2 unspecified atom stereocenters. The molecule has 1 aromatic carbocycles. The molecule has 1 amide bonds. The number of allylic oxidation sites excluding steroid dienone is 13. The predicted molar refractivity (Wildman–Crippen MR) is 160 cm³/mol. The Balaban J connectivity index is 1.88. The molecule has 0 spiro atoms. The fourth-order valence-corrected chi connectivity index (χ4v) is 4.52. The number of carbonyl (C=O) groups is 2. The lowest BCUT2D eigenvalue weighted by Crippen LogP contribution is -2.37. The average molecular weight is 556 g/mol. The molecule has 3 rings (SSSR count). The highest BCUT2D eigenvalue weighted by atomic mass is 16.5. The molecule has 0 fully saturated rings. The number of benzene rings is 1. The van der Waals surface area contributed by atoms with Crippen molar-refractivity contribution in [3.63, 3.8) is 0 Å². The topological polar surface area (TPSA) is 105 Å². The molecule has 1 heterocycles. The molecule has 0 aromatic heterocycles. The molecule has 0 radical (unpaired) electrons. The summed E-state index contributed by atoms with van der Waals surface area (Å²) >= 11 is 0. The molecule has 0 bridgehead atoms. The number of fused-ring (bicyclic) bond motifs is 1. The molecule has 214 valence electrons. The van der Waals surface area contributed by atoms with Crippen molar-refractivity contribution in [2.75, 3.05) is 7.11 Å². The van der Waals surface area contributed by atoms with E-state index in [-0.39, 0.29) is 23.3 Å². The van der Waals surface area contributed by atoms with Gasteiger partial charge in [0.25, 0.3) is 0 Å². The molecule has 1 aliphatic heterocycles. The molecular formula is C34H37NO6. The lowest BCUT2D eigenvalue weighted by Gasteiger charge is -2.28. The molecule has 2 aliphatic rings. The summed E-state index contributed by atoms with van der Waals surface area (Å²) in [6.07, 6.45) is 24.3. The fourth-order valence-electron chi connectivity index (χ4n) is 4.52. The second-order valence-corrected chi connectivity index (χ2v) is 9.70. The third-order valence-electron chi connectivity index (χ3n) is 6.72. The van der Waals surface area contributed by atoms with Gasteiger partial charge in [0.2, 0.25) is 5.91 Å². The number of rotatable bonds is 2. The number of ether oxygens (including phenoxy) is 2. The van der Waals surface area contributed by atoms with Crippen LogP contribution in [0.1, 0.15) is 31.9 Å². The zero-order chi connectivity index (χ0) is 29.7. The first kappa shape index (κ1) is 31.1. The van der Waals surface area contributed by atoms with Crippen LogP contribution in [0.3, 0.4) is 0 Å². The minimum absolute atomic E-state index is 0.0731. The maximum Gasteiger partial charge on any atom is 0.343 e. The van der Waals surface area contributed by atoms with Gasteiger partial charge < -0.3 is 25.0 Å². The highest BCUT2D eigenvalue weighted by Gasteiger charge is 2.53. The quantitative estimate of drug-likeness (QED) is 0.399. The van der Waals surface area contributed by atoms with Crippen molar-refractivity contribution < 1.29 is 29.3 Å². The Bertz CT molecular complexity index is 1340. The van der Waals surface area contributed by atoms with Crippen LogP contribution in [0.4, 0.5) is 0 Å². The number of aliphatic hydroxyl groups is 2. The number of nitrogens with one attached hydrogen (secondary N) is 1. The number of cyclic esters (lactones) is 1. The van der Waals surface area contributed by atoms with Crippen LogP contribution in [0.15, 0.2) is 139 Å². The third-order valence-corrected chi connectivity index (χ3v) is 6.72. The smallest absolute Gasteiger partial charge is 0.343 e. The molecule has 0 saturated carbocycles. The van der Waals surface area contributed by atoms with Crippen LogP contribution in [-0.4, -0.2) is 41.4 Å². The Labute approximate surface area is 241 Å². The highest BCUT2D eigenvalue weighted by molar-refractivity contribution is 5.93. The van der Waals surface area contributed by atoms with Gasteiger partial charge in [-0.15, -0.1) is 0 Å². The number of esters is 1. The SMILES string of the molecule is COC1C(O)=C2C(=O)OC(C)=CC=CC=CC=CCC(c3ccccc3)NC(=O)C=CC=CC=CC=C[C@@]2(C)[C@@H]1O. The average Bonchev–Trinajstić information content (AvgIpc) is 3.14. The van der Waals surface area contributed by atoms with Gasteiger partial charge >= 0.3 is 5.97 Å². The summed E-state index contributed by atoms with van der Waals surface area (Å²) in [6.45, 7) is 3.26. The minimum atomic E-state index is -1.26. The first-order valence-corrected chi connectivity index (χ1v) is 13.4. The van der Waals surface area contributed by atoms with Crippen molar-refractivity contribution in [2.45, 2.75) is 38.5 Å². The van der Waals surface area contributed by atoms with E-state index in [0.29, 0.717) is 12.2 Å². The molecular weight excluding hydrogens is 518 g/mol. The van der Waals surface area contributed by atoms with E-state index < -0.39 is 23.6 Å². The van der Waals surface area contributed by atoms with E-state index in [9.17, 15) is 19.8 Å². The van der Waals surface area contributed by atoms with Crippen LogP contribution in [-0.2, 0) is 19.1 Å². The summed E-state index contributed by atoms with van der Waals surface area (Å²) in [5, 5.41) is 24.7. The van der Waals surface area contributed by atoms with Gasteiger partial charge in [0, 0.05) is 13.2 Å². The second-order valence-electron chi connectivity index (χ2n) is 9.70. The molecule has 7 nitrogen and oxygen atoms in total. The van der Waals surface area contributed by atoms with Gasteiger partial charge in [-0.3, -0.25) is 4.79 Å². The molecule has 1 aromatic rings. The van der Waals surface area contributed by atoms with Gasteiger partial charge in [-0.2, -0.15) is 0 Å². The summed E-state index contributed by atoms with van der Waals surface area (Å²) in [4.78, 5) is 25.7. The summed E-state index contributed by atoms with van der Waals surface area (Å²) < 4.78 is 10.7. The maximum atomic E-state index is 13.1. The lowest BCUT2D eigenvalue weighted by atomic mass is 9.80. The zero-order valence-electron chi connectivity index (χ0n) is 23.5. The Morgan fingerprint density at radius 1 is 0.927 bits per heavy atom. The summed E-state index contributed by atoms with van der Waals surface area (Å²) in [6, 6.07) is 9.60. The zero-order valence-corrected chi connectivity index (χ0v) is 23.5. The van der Waals surface area contributed by atoms with Crippen molar-refractivity contribution in [3.8, 4) is 0 Å². The summed E-state index contributed by atoms with van der Waals surface area (Å²) in [5.41, 5.74) is -0.327. The van der Waals surface area contributed by atoms with Crippen molar-refractivity contribution >= 4 is 11.9 Å². The standard InChI is InChI=1S/C34H37NO6/c1-25-19-13-8-4-5-9-16-22-27(26-20-14-12-15-21-26)35-28(36)23-17-10-6-7-11-18-24-34(2)29(33(39)41-25)30(37)31(40-3)32(34)38/h4-21,23-24,27,31-32,37-38H,22H2,1-3H3,(H,35,36)/t27?,31?,32-,34-/m1/s1. The number of amides is 1. The Kier molecular flexibility index (Phi) is 11.6. The van der Waals surface area contributed by atoms with Crippen LogP contribution >= 0.6 is 0 Å². The van der Waals surface area contributed by atoms with Gasteiger partial charge in [0.15, 0.2) is 0 Å². The van der Waals surface area contributed by atoms with Gasteiger partial charge in [0.1, 0.15) is 23.7 Å². The van der Waals surface area contributed by atoms with E-state index in [4.69, 9.17) is 9.47 Å². The molecule has 1 aliphatic carbocycles. The van der Waals surface area contributed by atoms with Crippen LogP contribution in [0, 0.1) is 5.41 Å². The van der Waals surface area contributed by atoms with E-state index in [1.54, 1.807) is 74.6 Å². The van der Waals surface area contributed by atoms with Gasteiger partial charge in [0.05, 0.1) is 17.0 Å². The normalized spacial score (nSPS) is 26.3. The lowest BCUT2D eigenvalue weighted by molar-refractivity contribution is -0.136.